The zero-order valence-corrected chi connectivity index (χ0v) is 15.4. The first-order valence-corrected chi connectivity index (χ1v) is 9.16. The Labute approximate surface area is 152 Å². The maximum absolute atomic E-state index is 4.60. The zero-order valence-electron chi connectivity index (χ0n) is 13.0. The summed E-state index contributed by atoms with van der Waals surface area (Å²) in [5, 5.41) is 4.46. The van der Waals surface area contributed by atoms with E-state index < -0.39 is 0 Å². The largest absolute Gasteiger partial charge is 0.340 e. The van der Waals surface area contributed by atoms with E-state index in [2.05, 4.69) is 61.5 Å². The summed E-state index contributed by atoms with van der Waals surface area (Å²) in [4.78, 5) is 11.4. The molecule has 0 fully saturated rings. The number of hydrogen-bond acceptors (Lipinski definition) is 4. The van der Waals surface area contributed by atoms with Crippen LogP contribution >= 0.6 is 27.3 Å². The van der Waals surface area contributed by atoms with Gasteiger partial charge in [0.25, 0.3) is 0 Å². The lowest BCUT2D eigenvalue weighted by atomic mass is 10.2. The number of fused-ring (bicyclic) bond motifs is 1. The van der Waals surface area contributed by atoms with Crippen LogP contribution in [0.15, 0.2) is 65.1 Å². The van der Waals surface area contributed by atoms with Gasteiger partial charge in [0.1, 0.15) is 16.5 Å². The Kier molecular flexibility index (Phi) is 4.04. The van der Waals surface area contributed by atoms with Crippen molar-refractivity contribution < 1.29 is 0 Å². The van der Waals surface area contributed by atoms with Crippen LogP contribution in [-0.4, -0.2) is 9.97 Å². The van der Waals surface area contributed by atoms with E-state index in [0.717, 1.165) is 32.0 Å². The number of anilines is 2. The molecule has 3 nitrogen and oxygen atoms in total. The van der Waals surface area contributed by atoms with E-state index in [0.29, 0.717) is 0 Å². The van der Waals surface area contributed by atoms with Gasteiger partial charge in [-0.1, -0.05) is 52.3 Å². The number of aromatic nitrogens is 2. The summed E-state index contributed by atoms with van der Waals surface area (Å²) < 4.78 is 1.03. The van der Waals surface area contributed by atoms with Crippen LogP contribution in [0, 0.1) is 6.92 Å². The minimum Gasteiger partial charge on any atom is -0.340 e. The number of thiophene rings is 1. The summed E-state index contributed by atoms with van der Waals surface area (Å²) in [5.74, 6) is 1.61. The summed E-state index contributed by atoms with van der Waals surface area (Å²) in [6.45, 7) is 1.92. The second-order valence-corrected chi connectivity index (χ2v) is 7.40. The molecule has 0 saturated carbocycles. The van der Waals surface area contributed by atoms with Gasteiger partial charge in [0.2, 0.25) is 0 Å². The molecule has 2 aromatic carbocycles. The fourth-order valence-corrected chi connectivity index (χ4v) is 4.05. The van der Waals surface area contributed by atoms with Crippen molar-refractivity contribution in [3.05, 3.63) is 71.0 Å². The first-order valence-electron chi connectivity index (χ1n) is 7.55. The van der Waals surface area contributed by atoms with E-state index in [9.17, 15) is 0 Å². The fraction of sp³-hybridized carbons (Fsp3) is 0.0526. The number of halogens is 1. The van der Waals surface area contributed by atoms with Gasteiger partial charge >= 0.3 is 0 Å². The number of benzene rings is 2. The van der Waals surface area contributed by atoms with E-state index in [4.69, 9.17) is 0 Å². The van der Waals surface area contributed by atoms with Crippen LogP contribution in [0.25, 0.3) is 20.7 Å². The van der Waals surface area contributed by atoms with Gasteiger partial charge in [0, 0.05) is 15.0 Å². The van der Waals surface area contributed by atoms with Crippen LogP contribution in [0.1, 0.15) is 5.82 Å². The summed E-state index contributed by atoms with van der Waals surface area (Å²) in [6.07, 6.45) is 0. The SMILES string of the molecule is Cc1nc(Nc2cccc(Br)c2)c2cc(-c3ccccc3)sc2n1. The molecule has 24 heavy (non-hydrogen) atoms. The van der Waals surface area contributed by atoms with E-state index in [1.54, 1.807) is 11.3 Å². The van der Waals surface area contributed by atoms with Crippen molar-refractivity contribution in [2.45, 2.75) is 6.92 Å². The van der Waals surface area contributed by atoms with Crippen LogP contribution in [0.5, 0.6) is 0 Å². The molecule has 0 bridgehead atoms. The van der Waals surface area contributed by atoms with Gasteiger partial charge in [-0.2, -0.15) is 0 Å². The first kappa shape index (κ1) is 15.3. The highest BCUT2D eigenvalue weighted by Gasteiger charge is 2.12. The fourth-order valence-electron chi connectivity index (χ4n) is 2.57. The number of rotatable bonds is 3. The zero-order chi connectivity index (χ0) is 16.5. The van der Waals surface area contributed by atoms with Crippen molar-refractivity contribution in [2.75, 3.05) is 5.32 Å². The highest BCUT2D eigenvalue weighted by molar-refractivity contribution is 9.10. The molecule has 0 aliphatic rings. The lowest BCUT2D eigenvalue weighted by molar-refractivity contribution is 1.10. The van der Waals surface area contributed by atoms with E-state index in [1.165, 1.54) is 10.4 Å². The normalized spacial score (nSPS) is 10.9. The third-order valence-electron chi connectivity index (χ3n) is 3.65. The van der Waals surface area contributed by atoms with E-state index in [1.807, 2.05) is 37.3 Å². The number of aryl methyl sites for hydroxylation is 1. The van der Waals surface area contributed by atoms with Crippen molar-refractivity contribution >= 4 is 49.0 Å². The van der Waals surface area contributed by atoms with Crippen LogP contribution in [0.4, 0.5) is 11.5 Å². The Morgan fingerprint density at radius 1 is 0.958 bits per heavy atom. The van der Waals surface area contributed by atoms with Crippen LogP contribution < -0.4 is 5.32 Å². The van der Waals surface area contributed by atoms with E-state index >= 15 is 0 Å². The molecule has 0 saturated heterocycles. The highest BCUT2D eigenvalue weighted by atomic mass is 79.9. The van der Waals surface area contributed by atoms with Crippen LogP contribution in [0.2, 0.25) is 0 Å². The molecule has 118 valence electrons. The Bertz CT molecular complexity index is 1010. The summed E-state index contributed by atoms with van der Waals surface area (Å²) in [6, 6.07) is 20.6. The van der Waals surface area contributed by atoms with Gasteiger partial charge in [0.15, 0.2) is 0 Å². The second-order valence-electron chi connectivity index (χ2n) is 5.45. The predicted octanol–water partition coefficient (Wildman–Crippen LogP) is 6.17. The van der Waals surface area contributed by atoms with Crippen molar-refractivity contribution in [3.63, 3.8) is 0 Å². The number of nitrogens with zero attached hydrogens (tertiary/aromatic N) is 2. The number of nitrogens with one attached hydrogen (secondary N) is 1. The molecule has 1 N–H and O–H groups in total. The Hall–Kier alpha value is -2.24. The molecule has 4 aromatic rings. The van der Waals surface area contributed by atoms with Crippen molar-refractivity contribution in [2.24, 2.45) is 0 Å². The van der Waals surface area contributed by atoms with Gasteiger partial charge in [-0.05, 0) is 36.8 Å². The maximum atomic E-state index is 4.60. The van der Waals surface area contributed by atoms with Gasteiger partial charge in [-0.3, -0.25) is 0 Å². The lowest BCUT2D eigenvalue weighted by Gasteiger charge is -2.07. The molecule has 4 rings (SSSR count). The molecule has 0 amide bonds. The number of hydrogen-bond donors (Lipinski definition) is 1. The summed E-state index contributed by atoms with van der Waals surface area (Å²) >= 11 is 5.20. The Morgan fingerprint density at radius 2 is 1.79 bits per heavy atom. The molecular formula is C19H14BrN3S. The molecule has 2 heterocycles. The second kappa shape index (κ2) is 6.34. The molecule has 0 atom stereocenters. The summed E-state index contributed by atoms with van der Waals surface area (Å²) in [5.41, 5.74) is 2.20. The minimum atomic E-state index is 0.765. The van der Waals surface area contributed by atoms with Gasteiger partial charge in [0.05, 0.1) is 5.39 Å². The quantitative estimate of drug-likeness (QED) is 0.450. The smallest absolute Gasteiger partial charge is 0.142 e. The van der Waals surface area contributed by atoms with Gasteiger partial charge < -0.3 is 5.32 Å². The van der Waals surface area contributed by atoms with Gasteiger partial charge in [-0.25, -0.2) is 9.97 Å². The molecule has 2 aromatic heterocycles. The van der Waals surface area contributed by atoms with Crippen LogP contribution in [-0.2, 0) is 0 Å². The monoisotopic (exact) mass is 395 g/mol. The third kappa shape index (κ3) is 3.05. The van der Waals surface area contributed by atoms with Crippen molar-refractivity contribution in [1.29, 1.82) is 0 Å². The molecule has 5 heteroatoms. The average Bonchev–Trinajstić information content (AvgIpc) is 3.00. The summed E-state index contributed by atoms with van der Waals surface area (Å²) in [7, 11) is 0. The maximum Gasteiger partial charge on any atom is 0.142 e. The molecule has 0 unspecified atom stereocenters. The highest BCUT2D eigenvalue weighted by Crippen LogP contribution is 2.36. The van der Waals surface area contributed by atoms with E-state index in [-0.39, 0.29) is 0 Å². The predicted molar refractivity (Wildman–Crippen MR) is 105 cm³/mol. The van der Waals surface area contributed by atoms with Crippen molar-refractivity contribution in [3.8, 4) is 10.4 Å². The standard InChI is InChI=1S/C19H14BrN3S/c1-12-21-18(23-15-9-5-8-14(20)10-15)16-11-17(24-19(16)22-12)13-6-3-2-4-7-13/h2-11H,1H3,(H,21,22,23). The first-order chi connectivity index (χ1) is 11.7. The molecule has 0 aliphatic carbocycles. The molecule has 0 aliphatic heterocycles. The Balaban J connectivity index is 1.81. The molecular weight excluding hydrogens is 382 g/mol. The lowest BCUT2D eigenvalue weighted by Crippen LogP contribution is -1.97. The minimum absolute atomic E-state index is 0.765. The van der Waals surface area contributed by atoms with Crippen molar-refractivity contribution in [1.82, 2.24) is 9.97 Å². The average molecular weight is 396 g/mol. The molecule has 0 radical (unpaired) electrons. The van der Waals surface area contributed by atoms with Gasteiger partial charge in [-0.15, -0.1) is 11.3 Å². The third-order valence-corrected chi connectivity index (χ3v) is 5.22. The molecule has 0 spiro atoms. The van der Waals surface area contributed by atoms with Crippen LogP contribution in [0.3, 0.4) is 0 Å². The topological polar surface area (TPSA) is 37.8 Å². The Morgan fingerprint density at radius 3 is 2.58 bits per heavy atom.